The Kier molecular flexibility index (Phi) is 4.86. The van der Waals surface area contributed by atoms with Crippen LogP contribution in [0.25, 0.3) is 0 Å². The number of amides is 1. The Morgan fingerprint density at radius 2 is 2.09 bits per heavy atom. The Labute approximate surface area is 71.1 Å². The van der Waals surface area contributed by atoms with Crippen LogP contribution in [0.3, 0.4) is 0 Å². The monoisotopic (exact) mass is 177 g/mol. The Bertz CT molecular complexity index is 159. The van der Waals surface area contributed by atoms with Crippen LogP contribution in [0.1, 0.15) is 26.7 Å². The molecule has 0 aliphatic rings. The van der Waals surface area contributed by atoms with E-state index < -0.39 is 11.3 Å². The van der Waals surface area contributed by atoms with Gasteiger partial charge in [0.05, 0.1) is 0 Å². The van der Waals surface area contributed by atoms with Crippen LogP contribution in [0.5, 0.6) is 0 Å². The third kappa shape index (κ3) is 4.79. The maximum absolute atomic E-state index is 10.8. The van der Waals surface area contributed by atoms with Gasteiger partial charge in [-0.25, -0.2) is 0 Å². The molecule has 0 bridgehead atoms. The van der Waals surface area contributed by atoms with Crippen LogP contribution in [0, 0.1) is 0 Å². The Morgan fingerprint density at radius 3 is 2.45 bits per heavy atom. The molecule has 0 aliphatic heterocycles. The highest BCUT2D eigenvalue weighted by molar-refractivity contribution is 6.64. The molecule has 0 fully saturated rings. The lowest BCUT2D eigenvalue weighted by Crippen LogP contribution is -2.36. The van der Waals surface area contributed by atoms with Crippen LogP contribution >= 0.6 is 11.6 Å². The van der Waals surface area contributed by atoms with Gasteiger partial charge in [-0.15, -0.1) is 0 Å². The number of hydrogen-bond donors (Lipinski definition) is 1. The molecule has 64 valence electrons. The molecule has 1 unspecified atom stereocenters. The van der Waals surface area contributed by atoms with Gasteiger partial charge in [-0.1, -0.05) is 6.92 Å². The first-order chi connectivity index (χ1) is 5.07. The zero-order valence-corrected chi connectivity index (χ0v) is 7.44. The second-order valence-electron chi connectivity index (χ2n) is 2.34. The normalized spacial score (nSPS) is 12.3. The molecule has 0 aliphatic carbocycles. The molecule has 0 heterocycles. The van der Waals surface area contributed by atoms with Crippen LogP contribution < -0.4 is 5.32 Å². The number of carbonyl (C=O) groups is 2. The summed E-state index contributed by atoms with van der Waals surface area (Å²) in [6.07, 6.45) is 1.21. The molecule has 3 nitrogen and oxygen atoms in total. The molecule has 0 rings (SSSR count). The van der Waals surface area contributed by atoms with Crippen molar-refractivity contribution in [2.75, 3.05) is 0 Å². The summed E-state index contributed by atoms with van der Waals surface area (Å²) < 4.78 is 0. The fraction of sp³-hybridized carbons (Fsp3) is 0.714. The maximum Gasteiger partial charge on any atom is 0.243 e. The molecule has 0 radical (unpaired) electrons. The molecule has 0 saturated carbocycles. The number of carbonyl (C=O) groups excluding carboxylic acids is 2. The van der Waals surface area contributed by atoms with Crippen LogP contribution in [0.4, 0.5) is 0 Å². The first kappa shape index (κ1) is 10.4. The van der Waals surface area contributed by atoms with E-state index in [2.05, 4.69) is 5.32 Å². The smallest absolute Gasteiger partial charge is 0.243 e. The fourth-order valence-electron chi connectivity index (χ4n) is 0.597. The molecule has 0 saturated heterocycles. The van der Waals surface area contributed by atoms with Crippen molar-refractivity contribution in [1.82, 2.24) is 5.32 Å². The molecule has 11 heavy (non-hydrogen) atoms. The topological polar surface area (TPSA) is 46.2 Å². The van der Waals surface area contributed by atoms with Gasteiger partial charge in [-0.2, -0.15) is 0 Å². The number of halogens is 1. The summed E-state index contributed by atoms with van der Waals surface area (Å²) >= 11 is 5.12. The van der Waals surface area contributed by atoms with E-state index in [1.54, 1.807) is 6.92 Å². The number of hydrogen-bond acceptors (Lipinski definition) is 2. The zero-order valence-electron chi connectivity index (χ0n) is 6.69. The Morgan fingerprint density at radius 1 is 1.55 bits per heavy atom. The molecule has 0 spiro atoms. The third-order valence-corrected chi connectivity index (χ3v) is 1.52. The van der Waals surface area contributed by atoms with E-state index in [1.165, 1.54) is 0 Å². The van der Waals surface area contributed by atoms with Crippen molar-refractivity contribution in [2.45, 2.75) is 32.7 Å². The van der Waals surface area contributed by atoms with E-state index >= 15 is 0 Å². The second-order valence-corrected chi connectivity index (χ2v) is 2.72. The van der Waals surface area contributed by atoms with Crippen molar-refractivity contribution < 1.29 is 9.59 Å². The highest BCUT2D eigenvalue weighted by Gasteiger charge is 2.11. The first-order valence-corrected chi connectivity index (χ1v) is 3.94. The summed E-state index contributed by atoms with van der Waals surface area (Å²) in [5.74, 6) is -0.131. The first-order valence-electron chi connectivity index (χ1n) is 3.56. The molecule has 4 heteroatoms. The van der Waals surface area contributed by atoms with Crippen LogP contribution in [0.2, 0.25) is 0 Å². The Hall–Kier alpha value is -0.570. The summed E-state index contributed by atoms with van der Waals surface area (Å²) in [6, 6.07) is -0.573. The average Bonchev–Trinajstić information content (AvgIpc) is 1.87. The van der Waals surface area contributed by atoms with Gasteiger partial charge in [-0.05, 0) is 24.9 Å². The minimum Gasteiger partial charge on any atom is -0.345 e. The van der Waals surface area contributed by atoms with Gasteiger partial charge in [-0.3, -0.25) is 9.59 Å². The van der Waals surface area contributed by atoms with Gasteiger partial charge < -0.3 is 5.32 Å². The van der Waals surface area contributed by atoms with E-state index in [1.807, 2.05) is 6.92 Å². The lowest BCUT2D eigenvalue weighted by molar-refractivity contribution is -0.124. The minimum absolute atomic E-state index is 0.131. The quantitative estimate of drug-likeness (QED) is 0.653. The third-order valence-electron chi connectivity index (χ3n) is 1.19. The number of nitrogens with one attached hydrogen (secondary N) is 1. The lowest BCUT2D eigenvalue weighted by atomic mass is 10.3. The highest BCUT2D eigenvalue weighted by Crippen LogP contribution is 1.92. The molecule has 0 aromatic rings. The molecule has 1 N–H and O–H groups in total. The molecule has 0 aromatic heterocycles. The van der Waals surface area contributed by atoms with Crippen LogP contribution in [-0.4, -0.2) is 17.2 Å². The number of rotatable bonds is 4. The average molecular weight is 178 g/mol. The van der Waals surface area contributed by atoms with E-state index in [0.717, 1.165) is 6.42 Å². The zero-order chi connectivity index (χ0) is 8.85. The predicted octanol–water partition coefficient (Wildman–Crippen LogP) is 1.06. The van der Waals surface area contributed by atoms with E-state index in [4.69, 9.17) is 11.6 Å². The lowest BCUT2D eigenvalue weighted by Gasteiger charge is -2.07. The summed E-state index contributed by atoms with van der Waals surface area (Å²) in [4.78, 5) is 21.3. The Balaban J connectivity index is 3.66. The molecular formula is C7H12ClNO2. The maximum atomic E-state index is 10.8. The van der Waals surface area contributed by atoms with Gasteiger partial charge in [0, 0.05) is 6.42 Å². The summed E-state index contributed by atoms with van der Waals surface area (Å²) in [7, 11) is 0. The van der Waals surface area contributed by atoms with Crippen molar-refractivity contribution >= 4 is 22.8 Å². The van der Waals surface area contributed by atoms with Crippen molar-refractivity contribution in [2.24, 2.45) is 0 Å². The summed E-state index contributed by atoms with van der Waals surface area (Å²) in [6.45, 7) is 3.45. The van der Waals surface area contributed by atoms with Crippen molar-refractivity contribution in [3.8, 4) is 0 Å². The van der Waals surface area contributed by atoms with Gasteiger partial charge in [0.25, 0.3) is 0 Å². The molecule has 1 atom stereocenters. The predicted molar refractivity (Wildman–Crippen MR) is 43.4 cm³/mol. The highest BCUT2D eigenvalue weighted by atomic mass is 35.5. The molecule has 1 amide bonds. The van der Waals surface area contributed by atoms with E-state index in [-0.39, 0.29) is 5.91 Å². The largest absolute Gasteiger partial charge is 0.345 e. The van der Waals surface area contributed by atoms with Gasteiger partial charge in [0.15, 0.2) is 0 Å². The SMILES string of the molecule is CCCC(=O)NC(C)C(=O)Cl. The minimum atomic E-state index is -0.573. The van der Waals surface area contributed by atoms with E-state index in [0.29, 0.717) is 6.42 Å². The fourth-order valence-corrected chi connectivity index (χ4v) is 0.652. The summed E-state index contributed by atoms with van der Waals surface area (Å²) in [5, 5.41) is 1.93. The van der Waals surface area contributed by atoms with E-state index in [9.17, 15) is 9.59 Å². The molecule has 0 aromatic carbocycles. The van der Waals surface area contributed by atoms with Crippen molar-refractivity contribution in [1.29, 1.82) is 0 Å². The van der Waals surface area contributed by atoms with Crippen molar-refractivity contribution in [3.05, 3.63) is 0 Å². The van der Waals surface area contributed by atoms with Gasteiger partial charge >= 0.3 is 0 Å². The van der Waals surface area contributed by atoms with Gasteiger partial charge in [0.1, 0.15) is 6.04 Å². The molecular weight excluding hydrogens is 166 g/mol. The van der Waals surface area contributed by atoms with Crippen LogP contribution in [-0.2, 0) is 9.59 Å². The second kappa shape index (κ2) is 5.13. The summed E-state index contributed by atoms with van der Waals surface area (Å²) in [5.41, 5.74) is 0. The standard InChI is InChI=1S/C7H12ClNO2/c1-3-4-6(10)9-5(2)7(8)11/h5H,3-4H2,1-2H3,(H,9,10). The van der Waals surface area contributed by atoms with Crippen molar-refractivity contribution in [3.63, 3.8) is 0 Å². The van der Waals surface area contributed by atoms with Crippen LogP contribution in [0.15, 0.2) is 0 Å². The van der Waals surface area contributed by atoms with Gasteiger partial charge in [0.2, 0.25) is 11.1 Å².